The number of carbonyl (C=O) groups is 2. The summed E-state index contributed by atoms with van der Waals surface area (Å²) in [4.78, 5) is 39.6. The number of rotatable bonds is 6. The van der Waals surface area contributed by atoms with E-state index >= 15 is 0 Å². The molecule has 2 aliphatic heterocycles. The Labute approximate surface area is 208 Å². The van der Waals surface area contributed by atoms with Gasteiger partial charge in [-0.1, -0.05) is 0 Å². The van der Waals surface area contributed by atoms with Crippen molar-refractivity contribution in [2.24, 2.45) is 5.92 Å². The number of carbonyl (C=O) groups excluding carboxylic acids is 2. The van der Waals surface area contributed by atoms with E-state index < -0.39 is 30.4 Å². The van der Waals surface area contributed by atoms with Crippen LogP contribution < -0.4 is 11.1 Å². The molecule has 5 N–H and O–H groups in total. The minimum Gasteiger partial charge on any atom is -0.446 e. The standard InChI is InChI=1S/C23H33N7O6/c1-2-25-21(33)18-16(31)17(32)22(36-18)30-11-26-15-19(24)27-14(28-20(15)30)10-12-6-8-29(9-7-12)23(34)35-13-4-3-5-13/h11-13,16-18,22,31-32H,2-10H2,1H3,(H,25,33)(H2,24,27,28)/t16?,17?,18-,22+/m0/s1. The van der Waals surface area contributed by atoms with E-state index in [-0.39, 0.29) is 23.9 Å². The fraction of sp³-hybridized carbons (Fsp3) is 0.696. The molecule has 2 aromatic rings. The van der Waals surface area contributed by atoms with Crippen molar-refractivity contribution < 1.29 is 29.3 Å². The summed E-state index contributed by atoms with van der Waals surface area (Å²) < 4.78 is 12.7. The number of imidazole rings is 1. The number of nitrogens with one attached hydrogen (secondary N) is 1. The molecule has 3 fully saturated rings. The average Bonchev–Trinajstić information content (AvgIpc) is 3.38. The molecule has 2 unspecified atom stereocenters. The highest BCUT2D eigenvalue weighted by Gasteiger charge is 2.47. The maximum Gasteiger partial charge on any atom is 0.410 e. The molecule has 13 heteroatoms. The van der Waals surface area contributed by atoms with Crippen LogP contribution in [0.2, 0.25) is 0 Å². The van der Waals surface area contributed by atoms with Crippen LogP contribution >= 0.6 is 0 Å². The monoisotopic (exact) mass is 503 g/mol. The number of piperidine rings is 1. The third-order valence-corrected chi connectivity index (χ3v) is 7.28. The summed E-state index contributed by atoms with van der Waals surface area (Å²) in [5.74, 6) is 0.478. The Bertz CT molecular complexity index is 1110. The number of aromatic nitrogens is 4. The normalized spacial score (nSPS) is 27.2. The zero-order chi connectivity index (χ0) is 25.4. The van der Waals surface area contributed by atoms with Crippen LogP contribution in [-0.4, -0.2) is 90.7 Å². The summed E-state index contributed by atoms with van der Waals surface area (Å²) in [7, 11) is 0. The van der Waals surface area contributed by atoms with Crippen molar-refractivity contribution in [3.05, 3.63) is 12.2 Å². The number of aliphatic hydroxyl groups is 2. The van der Waals surface area contributed by atoms with Gasteiger partial charge >= 0.3 is 6.09 Å². The van der Waals surface area contributed by atoms with Gasteiger partial charge in [0.2, 0.25) is 0 Å². The van der Waals surface area contributed by atoms with E-state index in [1.165, 1.54) is 10.9 Å². The number of anilines is 1. The molecule has 3 aliphatic rings. The quantitative estimate of drug-likeness (QED) is 0.423. The SMILES string of the molecule is CCNC(=O)[C@H]1O[C@@H](n2cnc3c(N)nc(CC4CCN(C(=O)OC5CCC5)CC4)nc32)C(O)C1O. The third-order valence-electron chi connectivity index (χ3n) is 7.28. The van der Waals surface area contributed by atoms with Crippen molar-refractivity contribution in [2.75, 3.05) is 25.4 Å². The number of ether oxygens (including phenoxy) is 2. The second-order valence-electron chi connectivity index (χ2n) is 9.74. The molecule has 0 aromatic carbocycles. The molecule has 0 spiro atoms. The number of nitrogens with zero attached hydrogens (tertiary/aromatic N) is 5. The van der Waals surface area contributed by atoms with E-state index in [2.05, 4.69) is 20.3 Å². The van der Waals surface area contributed by atoms with Crippen LogP contribution in [0.25, 0.3) is 11.2 Å². The second-order valence-corrected chi connectivity index (χ2v) is 9.74. The molecule has 4 atom stereocenters. The molecule has 1 aliphatic carbocycles. The first-order chi connectivity index (χ1) is 17.4. The largest absolute Gasteiger partial charge is 0.446 e. The van der Waals surface area contributed by atoms with Gasteiger partial charge in [0.05, 0.1) is 6.33 Å². The highest BCUT2D eigenvalue weighted by atomic mass is 16.6. The summed E-state index contributed by atoms with van der Waals surface area (Å²) in [6.45, 7) is 3.36. The average molecular weight is 504 g/mol. The van der Waals surface area contributed by atoms with Crippen molar-refractivity contribution in [1.29, 1.82) is 0 Å². The van der Waals surface area contributed by atoms with Gasteiger partial charge in [-0.3, -0.25) is 9.36 Å². The molecule has 0 bridgehead atoms. The lowest BCUT2D eigenvalue weighted by molar-refractivity contribution is -0.137. The van der Waals surface area contributed by atoms with Gasteiger partial charge in [-0.15, -0.1) is 0 Å². The first-order valence-electron chi connectivity index (χ1n) is 12.6. The maximum absolute atomic E-state index is 12.3. The van der Waals surface area contributed by atoms with E-state index in [0.717, 1.165) is 32.1 Å². The Balaban J connectivity index is 1.27. The van der Waals surface area contributed by atoms with Crippen molar-refractivity contribution in [1.82, 2.24) is 29.7 Å². The highest BCUT2D eigenvalue weighted by Crippen LogP contribution is 2.33. The summed E-state index contributed by atoms with van der Waals surface area (Å²) in [5, 5.41) is 23.6. The third kappa shape index (κ3) is 4.70. The molecule has 5 rings (SSSR count). The number of hydrogen-bond donors (Lipinski definition) is 4. The lowest BCUT2D eigenvalue weighted by Gasteiger charge is -2.34. The van der Waals surface area contributed by atoms with E-state index in [4.69, 9.17) is 15.2 Å². The first-order valence-corrected chi connectivity index (χ1v) is 12.6. The maximum atomic E-state index is 12.3. The number of nitrogen functional groups attached to an aromatic ring is 1. The Morgan fingerprint density at radius 1 is 1.19 bits per heavy atom. The smallest absolute Gasteiger partial charge is 0.410 e. The molecule has 2 amide bonds. The molecular formula is C23H33N7O6. The number of nitrogens with two attached hydrogens (primary N) is 1. The summed E-state index contributed by atoms with van der Waals surface area (Å²) in [6.07, 6.45) is 1.38. The van der Waals surface area contributed by atoms with Gasteiger partial charge in [-0.05, 0) is 44.9 Å². The van der Waals surface area contributed by atoms with Gasteiger partial charge in [0.15, 0.2) is 23.8 Å². The van der Waals surface area contributed by atoms with Gasteiger partial charge in [-0.2, -0.15) is 0 Å². The van der Waals surface area contributed by atoms with Gasteiger partial charge in [0.1, 0.15) is 29.7 Å². The van der Waals surface area contributed by atoms with Crippen LogP contribution in [0.15, 0.2) is 6.33 Å². The van der Waals surface area contributed by atoms with Crippen LogP contribution in [-0.2, 0) is 20.7 Å². The number of hydrogen-bond acceptors (Lipinski definition) is 10. The molecule has 196 valence electrons. The Hall–Kier alpha value is -3.03. The molecule has 1 saturated carbocycles. The van der Waals surface area contributed by atoms with Crippen molar-refractivity contribution in [3.8, 4) is 0 Å². The fourth-order valence-electron chi connectivity index (χ4n) is 4.93. The number of aliphatic hydroxyl groups excluding tert-OH is 2. The van der Waals surface area contributed by atoms with Crippen molar-refractivity contribution in [2.45, 2.75) is 76.1 Å². The number of likely N-dealkylation sites (N-methyl/N-ethyl adjacent to an activating group) is 1. The molecule has 0 radical (unpaired) electrons. The van der Waals surface area contributed by atoms with E-state index in [0.29, 0.717) is 43.0 Å². The van der Waals surface area contributed by atoms with Crippen molar-refractivity contribution in [3.63, 3.8) is 0 Å². The van der Waals surface area contributed by atoms with E-state index in [1.807, 2.05) is 0 Å². The van der Waals surface area contributed by atoms with Gasteiger partial charge < -0.3 is 35.6 Å². The molecule has 2 aromatic heterocycles. The molecule has 4 heterocycles. The minimum absolute atomic E-state index is 0.0722. The Morgan fingerprint density at radius 2 is 1.94 bits per heavy atom. The number of fused-ring (bicyclic) bond motifs is 1. The first kappa shape index (κ1) is 24.7. The predicted octanol–water partition coefficient (Wildman–Crippen LogP) is 0.107. The predicted molar refractivity (Wildman–Crippen MR) is 126 cm³/mol. The van der Waals surface area contributed by atoms with Crippen LogP contribution in [0.4, 0.5) is 10.6 Å². The molecule has 13 nitrogen and oxygen atoms in total. The van der Waals surface area contributed by atoms with Crippen LogP contribution in [0.5, 0.6) is 0 Å². The summed E-state index contributed by atoms with van der Waals surface area (Å²) in [5.41, 5.74) is 6.86. The van der Waals surface area contributed by atoms with Gasteiger partial charge in [0.25, 0.3) is 5.91 Å². The second kappa shape index (κ2) is 10.1. The van der Waals surface area contributed by atoms with E-state index in [1.54, 1.807) is 11.8 Å². The molecular weight excluding hydrogens is 470 g/mol. The lowest BCUT2D eigenvalue weighted by atomic mass is 9.93. The summed E-state index contributed by atoms with van der Waals surface area (Å²) >= 11 is 0. The fourth-order valence-corrected chi connectivity index (χ4v) is 4.93. The van der Waals surface area contributed by atoms with Crippen LogP contribution in [0, 0.1) is 5.92 Å². The zero-order valence-corrected chi connectivity index (χ0v) is 20.2. The molecule has 2 saturated heterocycles. The topological polar surface area (TPSA) is 178 Å². The molecule has 36 heavy (non-hydrogen) atoms. The van der Waals surface area contributed by atoms with Crippen LogP contribution in [0.1, 0.15) is 51.1 Å². The van der Waals surface area contributed by atoms with Gasteiger partial charge in [-0.25, -0.2) is 19.7 Å². The van der Waals surface area contributed by atoms with Crippen LogP contribution in [0.3, 0.4) is 0 Å². The lowest BCUT2D eigenvalue weighted by Crippen LogP contribution is -2.42. The Morgan fingerprint density at radius 3 is 2.61 bits per heavy atom. The minimum atomic E-state index is -1.40. The van der Waals surface area contributed by atoms with E-state index in [9.17, 15) is 19.8 Å². The number of likely N-dealkylation sites (tertiary alicyclic amines) is 1. The highest BCUT2D eigenvalue weighted by molar-refractivity contribution is 5.83. The zero-order valence-electron chi connectivity index (χ0n) is 20.2. The summed E-state index contributed by atoms with van der Waals surface area (Å²) in [6, 6.07) is 0. The Kier molecular flexibility index (Phi) is 6.95. The van der Waals surface area contributed by atoms with Gasteiger partial charge in [0, 0.05) is 26.1 Å². The van der Waals surface area contributed by atoms with Crippen molar-refractivity contribution >= 4 is 29.0 Å². The number of amides is 2.